The predicted octanol–water partition coefficient (Wildman–Crippen LogP) is 2.47. The number of alkyl halides is 3. The fourth-order valence-electron chi connectivity index (χ4n) is 2.61. The first-order valence-corrected chi connectivity index (χ1v) is 6.43. The van der Waals surface area contributed by atoms with Crippen LogP contribution in [0, 0.1) is 11.3 Å². The van der Waals surface area contributed by atoms with E-state index in [9.17, 15) is 13.2 Å². The molecule has 112 valence electrons. The quantitative estimate of drug-likeness (QED) is 0.321. The molecule has 0 aromatic carbocycles. The predicted molar refractivity (Wildman–Crippen MR) is 67.0 cm³/mol. The Balaban J connectivity index is 2.57. The van der Waals surface area contributed by atoms with Gasteiger partial charge in [-0.2, -0.15) is 13.2 Å². The highest BCUT2D eigenvalue weighted by Crippen LogP contribution is 2.35. The van der Waals surface area contributed by atoms with Crippen molar-refractivity contribution in [3.63, 3.8) is 0 Å². The number of nitrogens with two attached hydrogens (primary N) is 1. The minimum Gasteiger partial charge on any atom is -0.409 e. The summed E-state index contributed by atoms with van der Waals surface area (Å²) in [6.45, 7) is 3.89. The van der Waals surface area contributed by atoms with Gasteiger partial charge in [-0.15, -0.1) is 0 Å². The lowest BCUT2D eigenvalue weighted by Crippen LogP contribution is -2.47. The molecule has 0 radical (unpaired) electrons. The molecule has 1 saturated carbocycles. The van der Waals surface area contributed by atoms with Crippen molar-refractivity contribution in [3.05, 3.63) is 0 Å². The van der Waals surface area contributed by atoms with E-state index in [1.165, 1.54) is 0 Å². The maximum absolute atomic E-state index is 12.8. The van der Waals surface area contributed by atoms with Crippen LogP contribution in [0.4, 0.5) is 13.2 Å². The van der Waals surface area contributed by atoms with Gasteiger partial charge in [-0.1, -0.05) is 25.4 Å². The molecular formula is C12H22F3N3O. The summed E-state index contributed by atoms with van der Waals surface area (Å²) in [6, 6.07) is 0.0556. The number of oxime groups is 1. The Hall–Kier alpha value is -0.980. The fourth-order valence-corrected chi connectivity index (χ4v) is 2.61. The SMILES string of the molecule is CC1(C)CCCC(NCC(C(N)=NO)C(F)(F)F)C1. The minimum atomic E-state index is -4.51. The van der Waals surface area contributed by atoms with Gasteiger partial charge in [-0.25, -0.2) is 0 Å². The van der Waals surface area contributed by atoms with Gasteiger partial charge >= 0.3 is 6.18 Å². The Morgan fingerprint density at radius 3 is 2.63 bits per heavy atom. The second-order valence-electron chi connectivity index (χ2n) is 5.98. The fraction of sp³-hybridized carbons (Fsp3) is 0.917. The highest BCUT2D eigenvalue weighted by molar-refractivity contribution is 5.83. The van der Waals surface area contributed by atoms with E-state index in [0.717, 1.165) is 25.7 Å². The summed E-state index contributed by atoms with van der Waals surface area (Å²) in [5.74, 6) is -2.74. The third kappa shape index (κ3) is 4.89. The van der Waals surface area contributed by atoms with Gasteiger partial charge in [-0.05, 0) is 24.7 Å². The van der Waals surface area contributed by atoms with Gasteiger partial charge in [0.25, 0.3) is 0 Å². The van der Waals surface area contributed by atoms with Crippen LogP contribution >= 0.6 is 0 Å². The molecule has 19 heavy (non-hydrogen) atoms. The molecule has 4 N–H and O–H groups in total. The number of hydrogen-bond donors (Lipinski definition) is 3. The van der Waals surface area contributed by atoms with Crippen molar-refractivity contribution < 1.29 is 18.4 Å². The van der Waals surface area contributed by atoms with Crippen molar-refractivity contribution in [2.24, 2.45) is 22.2 Å². The topological polar surface area (TPSA) is 70.6 Å². The summed E-state index contributed by atoms with van der Waals surface area (Å²) in [6.07, 6.45) is -0.704. The molecule has 0 heterocycles. The average Bonchev–Trinajstić information content (AvgIpc) is 2.25. The Morgan fingerprint density at radius 2 is 2.16 bits per heavy atom. The Morgan fingerprint density at radius 1 is 1.53 bits per heavy atom. The molecule has 0 saturated heterocycles. The molecule has 0 aromatic rings. The van der Waals surface area contributed by atoms with Crippen molar-refractivity contribution in [3.8, 4) is 0 Å². The second-order valence-corrected chi connectivity index (χ2v) is 5.98. The van der Waals surface area contributed by atoms with Crippen LogP contribution in [-0.4, -0.2) is 29.8 Å². The van der Waals surface area contributed by atoms with E-state index in [2.05, 4.69) is 24.3 Å². The lowest BCUT2D eigenvalue weighted by Gasteiger charge is -2.36. The average molecular weight is 281 g/mol. The molecule has 1 aliphatic carbocycles. The van der Waals surface area contributed by atoms with E-state index < -0.39 is 17.9 Å². The number of hydrogen-bond acceptors (Lipinski definition) is 3. The maximum Gasteiger partial charge on any atom is 0.400 e. The summed E-state index contributed by atoms with van der Waals surface area (Å²) in [4.78, 5) is 0. The monoisotopic (exact) mass is 281 g/mol. The first kappa shape index (κ1) is 16.1. The number of nitrogens with one attached hydrogen (secondary N) is 1. The molecule has 4 nitrogen and oxygen atoms in total. The zero-order chi connectivity index (χ0) is 14.7. The van der Waals surface area contributed by atoms with Crippen LogP contribution in [0.3, 0.4) is 0 Å². The normalized spacial score (nSPS) is 26.2. The third-order valence-electron chi connectivity index (χ3n) is 3.68. The van der Waals surface area contributed by atoms with E-state index in [4.69, 9.17) is 10.9 Å². The molecule has 1 fully saturated rings. The molecule has 7 heteroatoms. The molecule has 0 spiro atoms. The van der Waals surface area contributed by atoms with Gasteiger partial charge in [-0.3, -0.25) is 0 Å². The highest BCUT2D eigenvalue weighted by atomic mass is 19.4. The van der Waals surface area contributed by atoms with Crippen molar-refractivity contribution in [2.45, 2.75) is 51.7 Å². The first-order chi connectivity index (χ1) is 8.65. The standard InChI is InChI=1S/C12H22F3N3O/c1-11(2)5-3-4-8(6-11)17-7-9(10(16)18-19)12(13,14)15/h8-9,17,19H,3-7H2,1-2H3,(H2,16,18). The largest absolute Gasteiger partial charge is 0.409 e. The summed E-state index contributed by atoms with van der Waals surface area (Å²) in [7, 11) is 0. The van der Waals surface area contributed by atoms with Gasteiger partial charge in [0.2, 0.25) is 0 Å². The molecule has 2 unspecified atom stereocenters. The molecule has 1 aliphatic rings. The molecular weight excluding hydrogens is 259 g/mol. The zero-order valence-electron chi connectivity index (χ0n) is 11.3. The zero-order valence-corrected chi connectivity index (χ0v) is 11.3. The van der Waals surface area contributed by atoms with Gasteiger partial charge in [0.1, 0.15) is 5.92 Å². The summed E-state index contributed by atoms with van der Waals surface area (Å²) in [5.41, 5.74) is 5.27. The van der Waals surface area contributed by atoms with E-state index in [1.54, 1.807) is 0 Å². The van der Waals surface area contributed by atoms with E-state index in [-0.39, 0.29) is 18.0 Å². The van der Waals surface area contributed by atoms with Crippen molar-refractivity contribution >= 4 is 5.84 Å². The number of halogens is 3. The van der Waals surface area contributed by atoms with Crippen LogP contribution in [0.5, 0.6) is 0 Å². The van der Waals surface area contributed by atoms with Gasteiger partial charge in [0.15, 0.2) is 5.84 Å². The van der Waals surface area contributed by atoms with Crippen LogP contribution in [0.25, 0.3) is 0 Å². The van der Waals surface area contributed by atoms with E-state index in [1.807, 2.05) is 0 Å². The van der Waals surface area contributed by atoms with Crippen molar-refractivity contribution in [2.75, 3.05) is 6.54 Å². The summed E-state index contributed by atoms with van der Waals surface area (Å²) in [5, 5.41) is 13.8. The molecule has 0 amide bonds. The summed E-state index contributed by atoms with van der Waals surface area (Å²) >= 11 is 0. The number of nitrogens with zero attached hydrogens (tertiary/aromatic N) is 1. The Kier molecular flexibility index (Phi) is 5.06. The first-order valence-electron chi connectivity index (χ1n) is 6.43. The van der Waals surface area contributed by atoms with Crippen LogP contribution in [0.1, 0.15) is 39.5 Å². The van der Waals surface area contributed by atoms with E-state index >= 15 is 0 Å². The summed E-state index contributed by atoms with van der Waals surface area (Å²) < 4.78 is 38.3. The van der Waals surface area contributed by atoms with Gasteiger partial charge in [0, 0.05) is 12.6 Å². The molecule has 2 atom stereocenters. The van der Waals surface area contributed by atoms with Crippen LogP contribution < -0.4 is 11.1 Å². The van der Waals surface area contributed by atoms with Crippen LogP contribution in [0.15, 0.2) is 5.16 Å². The second kappa shape index (κ2) is 5.98. The number of rotatable bonds is 4. The lowest BCUT2D eigenvalue weighted by molar-refractivity contribution is -0.155. The molecule has 0 aliphatic heterocycles. The van der Waals surface area contributed by atoms with Gasteiger partial charge < -0.3 is 16.3 Å². The minimum absolute atomic E-state index is 0.0556. The Bertz CT molecular complexity index is 329. The molecule has 1 rings (SSSR count). The highest BCUT2D eigenvalue weighted by Gasteiger charge is 2.43. The molecule has 0 bridgehead atoms. The number of amidine groups is 1. The van der Waals surface area contributed by atoms with Crippen LogP contribution in [0.2, 0.25) is 0 Å². The van der Waals surface area contributed by atoms with Crippen molar-refractivity contribution in [1.29, 1.82) is 0 Å². The third-order valence-corrected chi connectivity index (χ3v) is 3.68. The van der Waals surface area contributed by atoms with Gasteiger partial charge in [0.05, 0.1) is 0 Å². The maximum atomic E-state index is 12.8. The van der Waals surface area contributed by atoms with Crippen LogP contribution in [-0.2, 0) is 0 Å². The Labute approximate surface area is 111 Å². The lowest BCUT2D eigenvalue weighted by atomic mass is 9.75. The smallest absolute Gasteiger partial charge is 0.400 e. The van der Waals surface area contributed by atoms with Crippen molar-refractivity contribution in [1.82, 2.24) is 5.32 Å². The molecule has 0 aromatic heterocycles. The van der Waals surface area contributed by atoms with E-state index in [0.29, 0.717) is 0 Å².